The van der Waals surface area contributed by atoms with E-state index in [4.69, 9.17) is 10.5 Å². The van der Waals surface area contributed by atoms with Crippen molar-refractivity contribution in [2.45, 2.75) is 19.0 Å². The number of aromatic nitrogens is 2. The van der Waals surface area contributed by atoms with E-state index >= 15 is 0 Å². The van der Waals surface area contributed by atoms with Gasteiger partial charge < -0.3 is 25.3 Å². The van der Waals surface area contributed by atoms with Crippen LogP contribution < -0.4 is 15.8 Å². The van der Waals surface area contributed by atoms with Crippen molar-refractivity contribution in [1.82, 2.24) is 19.8 Å². The molecule has 1 unspecified atom stereocenters. The number of amides is 3. The fourth-order valence-electron chi connectivity index (χ4n) is 3.26. The largest absolute Gasteiger partial charge is 0.497 e. The van der Waals surface area contributed by atoms with Crippen molar-refractivity contribution in [3.05, 3.63) is 83.9 Å². The van der Waals surface area contributed by atoms with E-state index in [9.17, 15) is 9.59 Å². The van der Waals surface area contributed by atoms with Crippen LogP contribution in [0.3, 0.4) is 0 Å². The Morgan fingerprint density at radius 1 is 1.16 bits per heavy atom. The molecule has 0 saturated heterocycles. The maximum Gasteiger partial charge on any atom is 0.318 e. The lowest BCUT2D eigenvalue weighted by molar-refractivity contribution is -0.118. The number of carbonyl (C=O) groups excluding carboxylic acids is 2. The van der Waals surface area contributed by atoms with E-state index in [2.05, 4.69) is 10.3 Å². The fourth-order valence-corrected chi connectivity index (χ4v) is 3.26. The lowest BCUT2D eigenvalue weighted by Crippen LogP contribution is -2.43. The second-order valence-corrected chi connectivity index (χ2v) is 7.18. The highest BCUT2D eigenvalue weighted by atomic mass is 16.5. The minimum Gasteiger partial charge on any atom is -0.497 e. The molecular formula is C23H27N5O3. The highest BCUT2D eigenvalue weighted by molar-refractivity contribution is 5.77. The quantitative estimate of drug-likeness (QED) is 0.554. The monoisotopic (exact) mass is 421 g/mol. The molecule has 0 aliphatic carbocycles. The number of rotatable bonds is 9. The van der Waals surface area contributed by atoms with Gasteiger partial charge in [-0.15, -0.1) is 0 Å². The van der Waals surface area contributed by atoms with Crippen LogP contribution in [0.2, 0.25) is 0 Å². The maximum absolute atomic E-state index is 13.3. The minimum atomic E-state index is -0.481. The molecule has 3 rings (SSSR count). The molecule has 0 saturated carbocycles. The number of nitrogens with one attached hydrogen (secondary N) is 1. The number of methoxy groups -OCH3 is 1. The van der Waals surface area contributed by atoms with Crippen LogP contribution in [0, 0.1) is 0 Å². The van der Waals surface area contributed by atoms with Crippen molar-refractivity contribution in [3.63, 3.8) is 0 Å². The first kappa shape index (κ1) is 21.9. The van der Waals surface area contributed by atoms with Crippen molar-refractivity contribution in [2.75, 3.05) is 13.7 Å². The number of carbonyl (C=O) groups is 2. The van der Waals surface area contributed by atoms with Gasteiger partial charge in [0, 0.05) is 39.0 Å². The summed E-state index contributed by atoms with van der Waals surface area (Å²) >= 11 is 0. The number of ether oxygens (including phenoxy) is 1. The number of urea groups is 1. The number of benzene rings is 2. The average Bonchev–Trinajstić information content (AvgIpc) is 3.21. The first-order chi connectivity index (χ1) is 15.0. The summed E-state index contributed by atoms with van der Waals surface area (Å²) in [6, 6.07) is 16.3. The zero-order chi connectivity index (χ0) is 22.2. The normalized spacial score (nSPS) is 11.5. The molecule has 0 fully saturated rings. The molecule has 0 bridgehead atoms. The van der Waals surface area contributed by atoms with Crippen molar-refractivity contribution < 1.29 is 14.3 Å². The number of nitrogens with zero attached hydrogens (tertiary/aromatic N) is 3. The number of aryl methyl sites for hydroxylation is 1. The maximum atomic E-state index is 13.3. The first-order valence-electron chi connectivity index (χ1n) is 9.96. The predicted octanol–water partition coefficient (Wildman–Crippen LogP) is 2.61. The smallest absolute Gasteiger partial charge is 0.318 e. The van der Waals surface area contributed by atoms with Gasteiger partial charge >= 0.3 is 6.03 Å². The molecule has 0 spiro atoms. The summed E-state index contributed by atoms with van der Waals surface area (Å²) < 4.78 is 7.10. The molecule has 3 N–H and O–H groups in total. The molecule has 1 atom stereocenters. The van der Waals surface area contributed by atoms with E-state index in [0.717, 1.165) is 16.9 Å². The van der Waals surface area contributed by atoms with Crippen molar-refractivity contribution in [2.24, 2.45) is 12.8 Å². The second-order valence-electron chi connectivity index (χ2n) is 7.18. The number of primary amides is 1. The van der Waals surface area contributed by atoms with Gasteiger partial charge in [-0.2, -0.15) is 0 Å². The molecule has 8 heteroatoms. The van der Waals surface area contributed by atoms with Crippen LogP contribution in [0.4, 0.5) is 4.79 Å². The van der Waals surface area contributed by atoms with E-state index in [1.54, 1.807) is 18.2 Å². The molecule has 31 heavy (non-hydrogen) atoms. The third-order valence-electron chi connectivity index (χ3n) is 4.97. The van der Waals surface area contributed by atoms with Gasteiger partial charge in [-0.25, -0.2) is 9.78 Å². The molecule has 3 aromatic rings. The zero-order valence-electron chi connectivity index (χ0n) is 17.7. The summed E-state index contributed by atoms with van der Waals surface area (Å²) in [5, 5.41) is 3.07. The molecule has 1 heterocycles. The Kier molecular flexibility index (Phi) is 7.26. The predicted molar refractivity (Wildman–Crippen MR) is 117 cm³/mol. The van der Waals surface area contributed by atoms with Gasteiger partial charge in [0.15, 0.2) is 0 Å². The van der Waals surface area contributed by atoms with Crippen LogP contribution in [-0.4, -0.2) is 40.0 Å². The van der Waals surface area contributed by atoms with Crippen LogP contribution >= 0.6 is 0 Å². The summed E-state index contributed by atoms with van der Waals surface area (Å²) in [6.07, 6.45) is 3.59. The van der Waals surface area contributed by atoms with Crippen molar-refractivity contribution >= 4 is 11.9 Å². The van der Waals surface area contributed by atoms with Crippen LogP contribution in [-0.2, 0) is 18.4 Å². The number of hydrogen-bond acceptors (Lipinski definition) is 4. The molecule has 162 valence electrons. The third-order valence-corrected chi connectivity index (χ3v) is 4.97. The summed E-state index contributed by atoms with van der Waals surface area (Å²) in [4.78, 5) is 30.6. The Balaban J connectivity index is 1.86. The second kappa shape index (κ2) is 10.3. The van der Waals surface area contributed by atoms with Gasteiger partial charge in [0.05, 0.1) is 7.11 Å². The topological polar surface area (TPSA) is 102 Å². The minimum absolute atomic E-state index is 0.0792. The molecule has 0 aliphatic heterocycles. The Hall–Kier alpha value is -3.81. The van der Waals surface area contributed by atoms with E-state index in [1.807, 2.05) is 72.4 Å². The van der Waals surface area contributed by atoms with Gasteiger partial charge in [-0.05, 0) is 23.3 Å². The summed E-state index contributed by atoms with van der Waals surface area (Å²) in [5.74, 6) is 0.954. The Morgan fingerprint density at radius 3 is 2.45 bits per heavy atom. The summed E-state index contributed by atoms with van der Waals surface area (Å²) in [7, 11) is 3.48. The molecule has 0 aliphatic rings. The van der Waals surface area contributed by atoms with Gasteiger partial charge in [0.25, 0.3) is 0 Å². The van der Waals surface area contributed by atoms with Gasteiger partial charge in [-0.3, -0.25) is 4.79 Å². The average molecular weight is 422 g/mol. The number of hydrogen-bond donors (Lipinski definition) is 2. The Morgan fingerprint density at radius 2 is 1.87 bits per heavy atom. The van der Waals surface area contributed by atoms with Gasteiger partial charge in [-0.1, -0.05) is 42.5 Å². The van der Waals surface area contributed by atoms with Crippen molar-refractivity contribution in [3.8, 4) is 5.75 Å². The fraction of sp³-hybridized carbons (Fsp3) is 0.261. The third kappa shape index (κ3) is 5.85. The van der Waals surface area contributed by atoms with Gasteiger partial charge in [0.1, 0.15) is 17.6 Å². The van der Waals surface area contributed by atoms with Crippen LogP contribution in [0.25, 0.3) is 0 Å². The number of imidazole rings is 1. The van der Waals surface area contributed by atoms with E-state index in [1.165, 1.54) is 0 Å². The van der Waals surface area contributed by atoms with Crippen LogP contribution in [0.15, 0.2) is 67.0 Å². The molecule has 2 aromatic carbocycles. The van der Waals surface area contributed by atoms with Crippen LogP contribution in [0.5, 0.6) is 5.75 Å². The summed E-state index contributed by atoms with van der Waals surface area (Å²) in [6.45, 7) is 0.571. The summed E-state index contributed by atoms with van der Waals surface area (Å²) in [5.41, 5.74) is 7.15. The van der Waals surface area contributed by atoms with Crippen LogP contribution in [0.1, 0.15) is 29.4 Å². The number of nitrogens with two attached hydrogens (primary N) is 1. The lowest BCUT2D eigenvalue weighted by Gasteiger charge is -2.27. The molecule has 0 radical (unpaired) electrons. The van der Waals surface area contributed by atoms with E-state index < -0.39 is 11.9 Å². The SMILES string of the molecule is COc1ccc(C(NC(=O)N(CCC(N)=O)Cc2ccccc2)c2nccn2C)cc1. The highest BCUT2D eigenvalue weighted by Gasteiger charge is 2.24. The van der Waals surface area contributed by atoms with Crippen molar-refractivity contribution in [1.29, 1.82) is 0 Å². The lowest BCUT2D eigenvalue weighted by atomic mass is 10.1. The zero-order valence-corrected chi connectivity index (χ0v) is 17.7. The molecule has 8 nitrogen and oxygen atoms in total. The van der Waals surface area contributed by atoms with E-state index in [-0.39, 0.29) is 19.0 Å². The molecular weight excluding hydrogens is 394 g/mol. The van der Waals surface area contributed by atoms with Gasteiger partial charge in [0.2, 0.25) is 5.91 Å². The molecule has 3 amide bonds. The first-order valence-corrected chi connectivity index (χ1v) is 9.96. The highest BCUT2D eigenvalue weighted by Crippen LogP contribution is 2.23. The standard InChI is InChI=1S/C23H27N5O3/c1-27-15-13-25-22(27)21(18-8-10-19(31-2)11-9-18)26-23(30)28(14-12-20(24)29)16-17-6-4-3-5-7-17/h3-11,13,15,21H,12,14,16H2,1-2H3,(H2,24,29)(H,26,30). The Labute approximate surface area is 181 Å². The molecule has 1 aromatic heterocycles. The van der Waals surface area contributed by atoms with E-state index in [0.29, 0.717) is 12.4 Å². The Bertz CT molecular complexity index is 1000.